The fourth-order valence-electron chi connectivity index (χ4n) is 2.62. The van der Waals surface area contributed by atoms with Crippen LogP contribution >= 0.6 is 0 Å². The van der Waals surface area contributed by atoms with E-state index < -0.39 is 0 Å². The van der Waals surface area contributed by atoms with Gasteiger partial charge in [-0.05, 0) is 25.1 Å². The molecule has 0 radical (unpaired) electrons. The molecule has 2 aromatic carbocycles. The highest BCUT2D eigenvalue weighted by atomic mass is 16.5. The van der Waals surface area contributed by atoms with Gasteiger partial charge >= 0.3 is 0 Å². The summed E-state index contributed by atoms with van der Waals surface area (Å²) in [5, 5.41) is 5.14. The molecule has 0 spiro atoms. The number of hydrogen-bond acceptors (Lipinski definition) is 4. The molecule has 6 nitrogen and oxygen atoms in total. The molecule has 3 aromatic rings. The van der Waals surface area contributed by atoms with Gasteiger partial charge in [0, 0.05) is 33.8 Å². The minimum absolute atomic E-state index is 0.342. The fourth-order valence-corrected chi connectivity index (χ4v) is 2.62. The maximum atomic E-state index is 12.3. The number of hydrazone groups is 1. The lowest BCUT2D eigenvalue weighted by Gasteiger charge is -2.07. The van der Waals surface area contributed by atoms with Crippen LogP contribution in [0, 0.1) is 6.92 Å². The number of benzene rings is 2. The van der Waals surface area contributed by atoms with Crippen molar-refractivity contribution in [1.82, 2.24) is 10.4 Å². The minimum atomic E-state index is -0.342. The molecule has 128 valence electrons. The summed E-state index contributed by atoms with van der Waals surface area (Å²) >= 11 is 0. The van der Waals surface area contributed by atoms with E-state index in [4.69, 9.17) is 9.47 Å². The van der Waals surface area contributed by atoms with E-state index in [0.717, 1.165) is 22.2 Å². The molecule has 1 aromatic heterocycles. The van der Waals surface area contributed by atoms with E-state index in [9.17, 15) is 4.79 Å². The molecule has 0 atom stereocenters. The van der Waals surface area contributed by atoms with Crippen molar-refractivity contribution in [2.45, 2.75) is 6.92 Å². The SMILES string of the molecule is COc1cc(OC)cc(C(=O)N/N=C\c2c(C)[nH]c3ccccc23)c1. The second-order valence-electron chi connectivity index (χ2n) is 5.51. The van der Waals surface area contributed by atoms with Gasteiger partial charge in [-0.3, -0.25) is 4.79 Å². The summed E-state index contributed by atoms with van der Waals surface area (Å²) in [4.78, 5) is 15.6. The summed E-state index contributed by atoms with van der Waals surface area (Å²) < 4.78 is 10.3. The summed E-state index contributed by atoms with van der Waals surface area (Å²) in [6.07, 6.45) is 1.64. The quantitative estimate of drug-likeness (QED) is 0.554. The predicted octanol–water partition coefficient (Wildman–Crippen LogP) is 3.26. The Kier molecular flexibility index (Phi) is 4.70. The molecular formula is C19H19N3O3. The average molecular weight is 337 g/mol. The highest BCUT2D eigenvalue weighted by Gasteiger charge is 2.10. The fraction of sp³-hybridized carbons (Fsp3) is 0.158. The topological polar surface area (TPSA) is 75.7 Å². The van der Waals surface area contributed by atoms with Gasteiger partial charge in [0.05, 0.1) is 20.4 Å². The number of nitrogens with zero attached hydrogens (tertiary/aromatic N) is 1. The van der Waals surface area contributed by atoms with Crippen LogP contribution in [0.15, 0.2) is 47.6 Å². The van der Waals surface area contributed by atoms with Crippen molar-refractivity contribution >= 4 is 23.0 Å². The largest absolute Gasteiger partial charge is 0.497 e. The normalized spacial score (nSPS) is 11.0. The number of ether oxygens (including phenoxy) is 2. The molecule has 2 N–H and O–H groups in total. The number of hydrogen-bond donors (Lipinski definition) is 2. The number of nitrogens with one attached hydrogen (secondary N) is 2. The maximum absolute atomic E-state index is 12.3. The number of para-hydroxylation sites is 1. The van der Waals surface area contributed by atoms with E-state index in [1.54, 1.807) is 24.4 Å². The van der Waals surface area contributed by atoms with Crippen molar-refractivity contribution in [3.63, 3.8) is 0 Å². The second kappa shape index (κ2) is 7.09. The third-order valence-electron chi connectivity index (χ3n) is 3.92. The van der Waals surface area contributed by atoms with Gasteiger partial charge in [-0.2, -0.15) is 5.10 Å². The number of H-pyrrole nitrogens is 1. The first kappa shape index (κ1) is 16.6. The Morgan fingerprint density at radius 1 is 1.12 bits per heavy atom. The molecule has 0 saturated heterocycles. The number of amides is 1. The lowest BCUT2D eigenvalue weighted by atomic mass is 10.1. The summed E-state index contributed by atoms with van der Waals surface area (Å²) in [7, 11) is 3.07. The van der Waals surface area contributed by atoms with Crippen LogP contribution in [-0.2, 0) is 0 Å². The van der Waals surface area contributed by atoms with Crippen LogP contribution < -0.4 is 14.9 Å². The van der Waals surface area contributed by atoms with E-state index >= 15 is 0 Å². The molecule has 1 amide bonds. The van der Waals surface area contributed by atoms with Crippen molar-refractivity contribution in [3.8, 4) is 11.5 Å². The van der Waals surface area contributed by atoms with E-state index in [0.29, 0.717) is 17.1 Å². The van der Waals surface area contributed by atoms with Crippen LogP contribution in [-0.4, -0.2) is 31.3 Å². The van der Waals surface area contributed by atoms with E-state index in [-0.39, 0.29) is 5.91 Å². The number of carbonyl (C=O) groups is 1. The third-order valence-corrected chi connectivity index (χ3v) is 3.92. The zero-order chi connectivity index (χ0) is 17.8. The lowest BCUT2D eigenvalue weighted by molar-refractivity contribution is 0.0954. The van der Waals surface area contributed by atoms with Gasteiger partial charge in [-0.1, -0.05) is 18.2 Å². The standard InChI is InChI=1S/C19H19N3O3/c1-12-17(16-6-4-5-7-18(16)21-12)11-20-22-19(23)13-8-14(24-2)10-15(9-13)25-3/h4-11,21H,1-3H3,(H,22,23)/b20-11-. The Hall–Kier alpha value is -3.28. The lowest BCUT2D eigenvalue weighted by Crippen LogP contribution is -2.17. The van der Waals surface area contributed by atoms with E-state index in [1.165, 1.54) is 14.2 Å². The van der Waals surface area contributed by atoms with Crippen molar-refractivity contribution in [2.24, 2.45) is 5.10 Å². The first-order chi connectivity index (χ1) is 12.1. The Morgan fingerprint density at radius 2 is 1.80 bits per heavy atom. The summed E-state index contributed by atoms with van der Waals surface area (Å²) in [5.41, 5.74) is 5.91. The molecule has 0 unspecified atom stereocenters. The van der Waals surface area contributed by atoms with Gasteiger partial charge in [-0.25, -0.2) is 5.43 Å². The molecule has 0 aliphatic heterocycles. The number of carbonyl (C=O) groups excluding carboxylic acids is 1. The van der Waals surface area contributed by atoms with Crippen LogP contribution in [0.4, 0.5) is 0 Å². The van der Waals surface area contributed by atoms with Crippen molar-refractivity contribution in [1.29, 1.82) is 0 Å². The maximum Gasteiger partial charge on any atom is 0.271 e. The van der Waals surface area contributed by atoms with E-state index in [1.807, 2.05) is 31.2 Å². The van der Waals surface area contributed by atoms with Crippen LogP contribution in [0.1, 0.15) is 21.6 Å². The summed E-state index contributed by atoms with van der Waals surface area (Å²) in [6, 6.07) is 12.9. The van der Waals surface area contributed by atoms with Crippen LogP contribution in [0.25, 0.3) is 10.9 Å². The molecule has 0 aliphatic rings. The molecule has 25 heavy (non-hydrogen) atoms. The molecule has 6 heteroatoms. The molecule has 0 fully saturated rings. The Balaban J connectivity index is 1.80. The Labute approximate surface area is 145 Å². The molecular weight excluding hydrogens is 318 g/mol. The van der Waals surface area contributed by atoms with E-state index in [2.05, 4.69) is 15.5 Å². The first-order valence-electron chi connectivity index (χ1n) is 7.76. The Morgan fingerprint density at radius 3 is 2.48 bits per heavy atom. The summed E-state index contributed by atoms with van der Waals surface area (Å²) in [5.74, 6) is 0.743. The molecule has 0 saturated carbocycles. The zero-order valence-corrected chi connectivity index (χ0v) is 14.3. The minimum Gasteiger partial charge on any atom is -0.497 e. The van der Waals surface area contributed by atoms with Gasteiger partial charge in [0.2, 0.25) is 0 Å². The number of aryl methyl sites for hydroxylation is 1. The van der Waals surface area contributed by atoms with Crippen LogP contribution in [0.3, 0.4) is 0 Å². The number of methoxy groups -OCH3 is 2. The molecule has 0 aliphatic carbocycles. The smallest absolute Gasteiger partial charge is 0.271 e. The zero-order valence-electron chi connectivity index (χ0n) is 14.3. The summed E-state index contributed by atoms with van der Waals surface area (Å²) in [6.45, 7) is 1.97. The molecule has 1 heterocycles. The predicted molar refractivity (Wildman–Crippen MR) is 97.6 cm³/mol. The Bertz CT molecular complexity index is 922. The van der Waals surface area contributed by atoms with Gasteiger partial charge in [0.1, 0.15) is 11.5 Å². The number of aromatic nitrogens is 1. The van der Waals surface area contributed by atoms with Crippen molar-refractivity contribution in [3.05, 3.63) is 59.3 Å². The monoisotopic (exact) mass is 337 g/mol. The molecule has 3 rings (SSSR count). The first-order valence-corrected chi connectivity index (χ1v) is 7.76. The van der Waals surface area contributed by atoms with Crippen LogP contribution in [0.2, 0.25) is 0 Å². The number of fused-ring (bicyclic) bond motifs is 1. The van der Waals surface area contributed by atoms with Crippen molar-refractivity contribution < 1.29 is 14.3 Å². The average Bonchev–Trinajstić information content (AvgIpc) is 2.96. The number of rotatable bonds is 5. The third kappa shape index (κ3) is 3.47. The van der Waals surface area contributed by atoms with Crippen molar-refractivity contribution in [2.75, 3.05) is 14.2 Å². The van der Waals surface area contributed by atoms with Gasteiger partial charge in [0.25, 0.3) is 5.91 Å². The van der Waals surface area contributed by atoms with Crippen LogP contribution in [0.5, 0.6) is 11.5 Å². The van der Waals surface area contributed by atoms with Gasteiger partial charge in [0.15, 0.2) is 0 Å². The highest BCUT2D eigenvalue weighted by Crippen LogP contribution is 2.22. The molecule has 0 bridgehead atoms. The second-order valence-corrected chi connectivity index (χ2v) is 5.51. The van der Waals surface area contributed by atoms with Gasteiger partial charge in [-0.15, -0.1) is 0 Å². The number of aromatic amines is 1. The van der Waals surface area contributed by atoms with Gasteiger partial charge < -0.3 is 14.5 Å². The highest BCUT2D eigenvalue weighted by molar-refractivity contribution is 6.01.